The number of benzene rings is 1. The van der Waals surface area contributed by atoms with Crippen LogP contribution in [0.1, 0.15) is 24.5 Å². The van der Waals surface area contributed by atoms with Gasteiger partial charge in [-0.3, -0.25) is 0 Å². The predicted molar refractivity (Wildman–Crippen MR) is 77.2 cm³/mol. The summed E-state index contributed by atoms with van der Waals surface area (Å²) < 4.78 is 41.7. The number of rotatable bonds is 7. The molecule has 114 valence electrons. The zero-order valence-corrected chi connectivity index (χ0v) is 12.5. The lowest BCUT2D eigenvalue weighted by Crippen LogP contribution is -2.22. The molecule has 0 saturated heterocycles. The van der Waals surface area contributed by atoms with Gasteiger partial charge >= 0.3 is 5.51 Å². The summed E-state index contributed by atoms with van der Waals surface area (Å²) in [6, 6.07) is 5.73. The highest BCUT2D eigenvalue weighted by Gasteiger charge is 2.27. The molecule has 0 heterocycles. The van der Waals surface area contributed by atoms with Crippen molar-refractivity contribution in [1.29, 1.82) is 0 Å². The van der Waals surface area contributed by atoms with Crippen molar-refractivity contribution in [2.24, 2.45) is 5.73 Å². The standard InChI is InChI=1S/C14H20F3NOS/c1-3-12(18)9-11-6-4-5-10(2)13(11)19-7-8-20-14(15,16)17/h4-6,12H,3,7-9,18H2,1-2H3. The second-order valence-corrected chi connectivity index (χ2v) is 5.74. The highest BCUT2D eigenvalue weighted by Crippen LogP contribution is 2.30. The largest absolute Gasteiger partial charge is 0.492 e. The monoisotopic (exact) mass is 307 g/mol. The van der Waals surface area contributed by atoms with Gasteiger partial charge in [-0.1, -0.05) is 25.1 Å². The molecule has 0 aliphatic rings. The Morgan fingerprint density at radius 3 is 2.65 bits per heavy atom. The minimum atomic E-state index is -4.21. The van der Waals surface area contributed by atoms with Gasteiger partial charge in [-0.25, -0.2) is 0 Å². The lowest BCUT2D eigenvalue weighted by atomic mass is 10.0. The van der Waals surface area contributed by atoms with Crippen LogP contribution in [0.4, 0.5) is 13.2 Å². The third kappa shape index (κ3) is 6.05. The van der Waals surface area contributed by atoms with Crippen LogP contribution in [0.2, 0.25) is 0 Å². The molecule has 20 heavy (non-hydrogen) atoms. The van der Waals surface area contributed by atoms with E-state index in [2.05, 4.69) is 0 Å². The molecule has 1 unspecified atom stereocenters. The number of aryl methyl sites for hydroxylation is 1. The molecular formula is C14H20F3NOS. The lowest BCUT2D eigenvalue weighted by Gasteiger charge is -2.16. The molecule has 1 atom stereocenters. The van der Waals surface area contributed by atoms with Crippen LogP contribution < -0.4 is 10.5 Å². The molecule has 0 radical (unpaired) electrons. The summed E-state index contributed by atoms with van der Waals surface area (Å²) >= 11 is -0.0668. The van der Waals surface area contributed by atoms with E-state index in [0.717, 1.165) is 17.5 Å². The molecule has 0 bridgehead atoms. The Morgan fingerprint density at radius 1 is 1.35 bits per heavy atom. The van der Waals surface area contributed by atoms with Crippen molar-refractivity contribution >= 4 is 11.8 Å². The molecule has 1 aromatic carbocycles. The molecule has 2 N–H and O–H groups in total. The number of para-hydroxylation sites is 1. The first kappa shape index (κ1) is 17.2. The van der Waals surface area contributed by atoms with Crippen LogP contribution in [0.3, 0.4) is 0 Å². The molecule has 2 nitrogen and oxygen atoms in total. The summed E-state index contributed by atoms with van der Waals surface area (Å²) in [7, 11) is 0. The number of thioether (sulfide) groups is 1. The molecule has 0 spiro atoms. The molecule has 0 aliphatic heterocycles. The van der Waals surface area contributed by atoms with Gasteiger partial charge in [0.1, 0.15) is 5.75 Å². The van der Waals surface area contributed by atoms with Crippen LogP contribution in [-0.2, 0) is 6.42 Å². The van der Waals surface area contributed by atoms with Crippen LogP contribution in [0.25, 0.3) is 0 Å². The van der Waals surface area contributed by atoms with E-state index in [1.54, 1.807) is 0 Å². The Bertz CT molecular complexity index is 423. The highest BCUT2D eigenvalue weighted by molar-refractivity contribution is 8.00. The maximum absolute atomic E-state index is 12.0. The van der Waals surface area contributed by atoms with Crippen LogP contribution in [0, 0.1) is 6.92 Å². The summed E-state index contributed by atoms with van der Waals surface area (Å²) in [6.45, 7) is 3.91. The van der Waals surface area contributed by atoms with Gasteiger partial charge < -0.3 is 10.5 Å². The van der Waals surface area contributed by atoms with Gasteiger partial charge in [0, 0.05) is 11.8 Å². The first-order chi connectivity index (χ1) is 9.33. The van der Waals surface area contributed by atoms with Crippen LogP contribution in [0.5, 0.6) is 5.75 Å². The molecule has 0 aliphatic carbocycles. The van der Waals surface area contributed by atoms with E-state index >= 15 is 0 Å². The number of halogens is 3. The van der Waals surface area contributed by atoms with Crippen molar-refractivity contribution in [3.63, 3.8) is 0 Å². The molecule has 0 fully saturated rings. The van der Waals surface area contributed by atoms with Gasteiger partial charge in [0.15, 0.2) is 0 Å². The minimum Gasteiger partial charge on any atom is -0.492 e. The fourth-order valence-corrected chi connectivity index (χ4v) is 2.21. The van der Waals surface area contributed by atoms with E-state index in [-0.39, 0.29) is 30.2 Å². The van der Waals surface area contributed by atoms with Crippen molar-refractivity contribution < 1.29 is 17.9 Å². The van der Waals surface area contributed by atoms with Crippen molar-refractivity contribution in [2.75, 3.05) is 12.4 Å². The number of hydrogen-bond donors (Lipinski definition) is 1. The van der Waals surface area contributed by atoms with E-state index in [4.69, 9.17) is 10.5 Å². The molecule has 0 amide bonds. The Morgan fingerprint density at radius 2 is 2.05 bits per heavy atom. The quantitative estimate of drug-likeness (QED) is 0.776. The van der Waals surface area contributed by atoms with Crippen molar-refractivity contribution in [3.05, 3.63) is 29.3 Å². The van der Waals surface area contributed by atoms with Crippen LogP contribution in [-0.4, -0.2) is 23.9 Å². The number of nitrogens with two attached hydrogens (primary N) is 1. The molecule has 0 aromatic heterocycles. The van der Waals surface area contributed by atoms with Gasteiger partial charge in [0.2, 0.25) is 0 Å². The Hall–Kier alpha value is -0.880. The smallest absolute Gasteiger partial charge is 0.441 e. The van der Waals surface area contributed by atoms with Crippen molar-refractivity contribution in [1.82, 2.24) is 0 Å². The Labute approximate surface area is 121 Å². The van der Waals surface area contributed by atoms with E-state index in [1.165, 1.54) is 0 Å². The number of ether oxygens (including phenoxy) is 1. The maximum atomic E-state index is 12.0. The highest BCUT2D eigenvalue weighted by atomic mass is 32.2. The minimum absolute atomic E-state index is 0.0311. The first-order valence-electron chi connectivity index (χ1n) is 6.51. The second-order valence-electron chi connectivity index (χ2n) is 4.58. The topological polar surface area (TPSA) is 35.2 Å². The average molecular weight is 307 g/mol. The van der Waals surface area contributed by atoms with Crippen LogP contribution in [0.15, 0.2) is 18.2 Å². The number of hydrogen-bond acceptors (Lipinski definition) is 3. The normalized spacial score (nSPS) is 13.3. The third-order valence-corrected chi connectivity index (χ3v) is 3.59. The zero-order chi connectivity index (χ0) is 15.2. The van der Waals surface area contributed by atoms with Gasteiger partial charge in [-0.15, -0.1) is 0 Å². The Kier molecular flexibility index (Phi) is 6.68. The summed E-state index contributed by atoms with van der Waals surface area (Å²) in [5, 5.41) is 0. The van der Waals surface area contributed by atoms with Gasteiger partial charge in [0.25, 0.3) is 0 Å². The molecule has 1 rings (SSSR count). The molecule has 6 heteroatoms. The fourth-order valence-electron chi connectivity index (χ4n) is 1.81. The predicted octanol–water partition coefficient (Wildman–Crippen LogP) is 3.91. The molecule has 0 saturated carbocycles. The number of alkyl halides is 3. The summed E-state index contributed by atoms with van der Waals surface area (Å²) in [4.78, 5) is 0. The zero-order valence-electron chi connectivity index (χ0n) is 11.7. The maximum Gasteiger partial charge on any atom is 0.441 e. The Balaban J connectivity index is 2.63. The van der Waals surface area contributed by atoms with Crippen molar-refractivity contribution in [2.45, 2.75) is 38.2 Å². The van der Waals surface area contributed by atoms with Crippen LogP contribution >= 0.6 is 11.8 Å². The summed E-state index contributed by atoms with van der Waals surface area (Å²) in [6.07, 6.45) is 1.51. The SMILES string of the molecule is CCC(N)Cc1cccc(C)c1OCCSC(F)(F)F. The molecular weight excluding hydrogens is 287 g/mol. The summed E-state index contributed by atoms with van der Waals surface area (Å²) in [5.41, 5.74) is 3.60. The lowest BCUT2D eigenvalue weighted by molar-refractivity contribution is -0.0329. The average Bonchev–Trinajstić information content (AvgIpc) is 2.35. The van der Waals surface area contributed by atoms with Gasteiger partial charge in [0.05, 0.1) is 6.61 Å². The van der Waals surface area contributed by atoms with E-state index < -0.39 is 5.51 Å². The van der Waals surface area contributed by atoms with Gasteiger partial charge in [-0.05, 0) is 42.7 Å². The molecule has 1 aromatic rings. The van der Waals surface area contributed by atoms with Crippen molar-refractivity contribution in [3.8, 4) is 5.75 Å². The summed E-state index contributed by atoms with van der Waals surface area (Å²) in [5.74, 6) is 0.552. The van der Waals surface area contributed by atoms with E-state index in [9.17, 15) is 13.2 Å². The fraction of sp³-hybridized carbons (Fsp3) is 0.571. The van der Waals surface area contributed by atoms with E-state index in [1.807, 2.05) is 32.0 Å². The second kappa shape index (κ2) is 7.78. The third-order valence-electron chi connectivity index (χ3n) is 2.90. The van der Waals surface area contributed by atoms with Gasteiger partial charge in [-0.2, -0.15) is 13.2 Å². The first-order valence-corrected chi connectivity index (χ1v) is 7.49. The van der Waals surface area contributed by atoms with E-state index in [0.29, 0.717) is 12.2 Å².